The van der Waals surface area contributed by atoms with Gasteiger partial charge in [0.2, 0.25) is 0 Å². The third-order valence-corrected chi connectivity index (χ3v) is 2.79. The quantitative estimate of drug-likeness (QED) is 0.500. The maximum atomic E-state index is 5.90. The van der Waals surface area contributed by atoms with Gasteiger partial charge in [-0.3, -0.25) is 0 Å². The van der Waals surface area contributed by atoms with Crippen molar-refractivity contribution in [3.8, 4) is 0 Å². The van der Waals surface area contributed by atoms with Crippen molar-refractivity contribution < 1.29 is 0 Å². The molecule has 0 radical (unpaired) electrons. The van der Waals surface area contributed by atoms with Crippen molar-refractivity contribution in [2.24, 2.45) is 10.7 Å². The van der Waals surface area contributed by atoms with Gasteiger partial charge in [-0.1, -0.05) is 48.0 Å². The zero-order valence-corrected chi connectivity index (χ0v) is 11.4. The highest BCUT2D eigenvalue weighted by molar-refractivity contribution is 7.80. The molecule has 0 heterocycles. The van der Waals surface area contributed by atoms with E-state index in [9.17, 15) is 0 Å². The minimum absolute atomic E-state index is 0.352. The van der Waals surface area contributed by atoms with Crippen LogP contribution < -0.4 is 11.1 Å². The number of hydrogen-bond donors (Lipinski definition) is 2. The number of aliphatic imine (C=N–C) groups is 1. The molecule has 2 aromatic carbocycles. The lowest BCUT2D eigenvalue weighted by atomic mass is 10.2. The van der Waals surface area contributed by atoms with E-state index in [0.717, 1.165) is 11.3 Å². The van der Waals surface area contributed by atoms with E-state index in [1.807, 2.05) is 61.5 Å². The Morgan fingerprint density at radius 2 is 1.68 bits per heavy atom. The topological polar surface area (TPSA) is 50.4 Å². The van der Waals surface area contributed by atoms with E-state index in [2.05, 4.69) is 10.3 Å². The van der Waals surface area contributed by atoms with Crippen LogP contribution in [-0.2, 0) is 0 Å². The molecule has 3 nitrogen and oxygen atoms in total. The highest BCUT2D eigenvalue weighted by atomic mass is 32.1. The molecule has 2 aromatic rings. The summed E-state index contributed by atoms with van der Waals surface area (Å²) < 4.78 is 0. The monoisotopic (exact) mass is 269 g/mol. The number of hydrogen-bond acceptors (Lipinski definition) is 1. The molecule has 0 aliphatic rings. The van der Waals surface area contributed by atoms with Gasteiger partial charge in [0.15, 0.2) is 5.11 Å². The smallest absolute Gasteiger partial charge is 0.199 e. The fourth-order valence-corrected chi connectivity index (χ4v) is 1.79. The largest absolute Gasteiger partial charge is 0.383 e. The van der Waals surface area contributed by atoms with Gasteiger partial charge in [0.05, 0.1) is 0 Å². The summed E-state index contributed by atoms with van der Waals surface area (Å²) in [6.07, 6.45) is 0. The molecule has 0 aliphatic carbocycles. The van der Waals surface area contributed by atoms with Crippen LogP contribution in [0.4, 0.5) is 5.69 Å². The minimum Gasteiger partial charge on any atom is -0.383 e. The first-order valence-electron chi connectivity index (χ1n) is 5.92. The zero-order valence-electron chi connectivity index (χ0n) is 10.6. The first kappa shape index (κ1) is 13.2. The van der Waals surface area contributed by atoms with Gasteiger partial charge >= 0.3 is 0 Å². The van der Waals surface area contributed by atoms with Crippen LogP contribution in [0.2, 0.25) is 0 Å². The van der Waals surface area contributed by atoms with Gasteiger partial charge in [-0.25, -0.2) is 4.99 Å². The fraction of sp³-hybridized carbons (Fsp3) is 0.0667. The first-order chi connectivity index (χ1) is 9.15. The normalized spacial score (nSPS) is 11.1. The van der Waals surface area contributed by atoms with E-state index < -0.39 is 0 Å². The molecule has 0 spiro atoms. The van der Waals surface area contributed by atoms with Gasteiger partial charge in [-0.05, 0) is 31.3 Å². The van der Waals surface area contributed by atoms with Crippen LogP contribution in [0.15, 0.2) is 59.6 Å². The Labute approximate surface area is 118 Å². The van der Waals surface area contributed by atoms with Crippen molar-refractivity contribution in [3.05, 3.63) is 65.7 Å². The molecule has 0 saturated heterocycles. The van der Waals surface area contributed by atoms with Crippen molar-refractivity contribution in [2.45, 2.75) is 6.92 Å². The van der Waals surface area contributed by atoms with Crippen LogP contribution in [0.1, 0.15) is 11.1 Å². The molecule has 0 fully saturated rings. The molecule has 0 unspecified atom stereocenters. The maximum absolute atomic E-state index is 5.90. The molecule has 0 aromatic heterocycles. The van der Waals surface area contributed by atoms with Crippen molar-refractivity contribution in [3.63, 3.8) is 0 Å². The molecule has 3 N–H and O–H groups in total. The lowest BCUT2D eigenvalue weighted by Gasteiger charge is -2.05. The number of aryl methyl sites for hydroxylation is 1. The van der Waals surface area contributed by atoms with Gasteiger partial charge in [-0.15, -0.1) is 0 Å². The molecular weight excluding hydrogens is 254 g/mol. The summed E-state index contributed by atoms with van der Waals surface area (Å²) in [6.45, 7) is 2.04. The SMILES string of the molecule is Cc1ccc(NC(=S)/N=C(\N)c2ccccc2)cc1. The molecule has 0 amide bonds. The summed E-state index contributed by atoms with van der Waals surface area (Å²) in [5, 5.41) is 3.39. The lowest BCUT2D eigenvalue weighted by molar-refractivity contribution is 1.46. The highest BCUT2D eigenvalue weighted by Crippen LogP contribution is 2.09. The summed E-state index contributed by atoms with van der Waals surface area (Å²) in [4.78, 5) is 4.18. The van der Waals surface area contributed by atoms with Crippen molar-refractivity contribution in [1.82, 2.24) is 0 Å². The Morgan fingerprint density at radius 3 is 2.32 bits per heavy atom. The number of nitrogens with two attached hydrogens (primary N) is 1. The van der Waals surface area contributed by atoms with Crippen LogP contribution in [0, 0.1) is 6.92 Å². The lowest BCUT2D eigenvalue weighted by Crippen LogP contribution is -2.18. The van der Waals surface area contributed by atoms with Crippen LogP contribution in [0.25, 0.3) is 0 Å². The first-order valence-corrected chi connectivity index (χ1v) is 6.33. The Morgan fingerprint density at radius 1 is 1.05 bits per heavy atom. The molecule has 0 aliphatic heterocycles. The Balaban J connectivity index is 2.07. The van der Waals surface area contributed by atoms with Crippen molar-refractivity contribution in [2.75, 3.05) is 5.32 Å². The Hall–Kier alpha value is -2.20. The van der Waals surface area contributed by atoms with E-state index in [4.69, 9.17) is 18.0 Å². The van der Waals surface area contributed by atoms with Crippen molar-refractivity contribution in [1.29, 1.82) is 0 Å². The van der Waals surface area contributed by atoms with E-state index in [0.29, 0.717) is 10.9 Å². The third kappa shape index (κ3) is 3.89. The van der Waals surface area contributed by atoms with E-state index in [1.165, 1.54) is 5.56 Å². The molecule has 4 heteroatoms. The molecular formula is C15H15N3S. The van der Waals surface area contributed by atoms with E-state index in [1.54, 1.807) is 0 Å². The van der Waals surface area contributed by atoms with Crippen LogP contribution in [-0.4, -0.2) is 10.9 Å². The predicted octanol–water partition coefficient (Wildman–Crippen LogP) is 3.10. The number of rotatable bonds is 2. The Bertz CT molecular complexity index is 589. The van der Waals surface area contributed by atoms with Gasteiger partial charge in [0, 0.05) is 11.3 Å². The summed E-state index contributed by atoms with van der Waals surface area (Å²) in [7, 11) is 0. The standard InChI is InChI=1S/C15H15N3S/c1-11-7-9-13(10-8-11)17-15(19)18-14(16)12-5-3-2-4-6-12/h2-10H,1H3,(H3,16,17,18,19). The maximum Gasteiger partial charge on any atom is 0.199 e. The number of nitrogens with one attached hydrogen (secondary N) is 1. The second kappa shape index (κ2) is 6.11. The average molecular weight is 269 g/mol. The zero-order chi connectivity index (χ0) is 13.7. The minimum atomic E-state index is 0.352. The molecule has 96 valence electrons. The summed E-state index contributed by atoms with van der Waals surface area (Å²) in [6, 6.07) is 17.5. The summed E-state index contributed by atoms with van der Waals surface area (Å²) in [5.74, 6) is 0.408. The predicted molar refractivity (Wildman–Crippen MR) is 84.6 cm³/mol. The van der Waals surface area contributed by atoms with E-state index >= 15 is 0 Å². The molecule has 0 atom stereocenters. The summed E-state index contributed by atoms with van der Waals surface area (Å²) in [5.41, 5.74) is 8.85. The molecule has 2 rings (SSSR count). The number of nitrogens with zero attached hydrogens (tertiary/aromatic N) is 1. The average Bonchev–Trinajstić information content (AvgIpc) is 2.42. The molecule has 19 heavy (non-hydrogen) atoms. The summed E-state index contributed by atoms with van der Waals surface area (Å²) >= 11 is 5.17. The number of benzene rings is 2. The van der Waals surface area contributed by atoms with Crippen LogP contribution in [0.5, 0.6) is 0 Å². The van der Waals surface area contributed by atoms with E-state index in [-0.39, 0.29) is 0 Å². The van der Waals surface area contributed by atoms with Gasteiger partial charge in [-0.2, -0.15) is 0 Å². The fourth-order valence-electron chi connectivity index (χ4n) is 1.57. The second-order valence-corrected chi connectivity index (χ2v) is 4.55. The van der Waals surface area contributed by atoms with Crippen LogP contribution >= 0.6 is 12.2 Å². The Kier molecular flexibility index (Phi) is 4.26. The second-order valence-electron chi connectivity index (χ2n) is 4.16. The third-order valence-electron chi connectivity index (χ3n) is 2.59. The molecule has 0 saturated carbocycles. The highest BCUT2D eigenvalue weighted by Gasteiger charge is 2.00. The van der Waals surface area contributed by atoms with Crippen LogP contribution in [0.3, 0.4) is 0 Å². The number of amidine groups is 1. The number of thiocarbonyl (C=S) groups is 1. The van der Waals surface area contributed by atoms with Crippen molar-refractivity contribution >= 4 is 28.9 Å². The number of anilines is 1. The van der Waals surface area contributed by atoms with Gasteiger partial charge < -0.3 is 11.1 Å². The molecule has 0 bridgehead atoms. The van der Waals surface area contributed by atoms with Gasteiger partial charge in [0.25, 0.3) is 0 Å². The van der Waals surface area contributed by atoms with Gasteiger partial charge in [0.1, 0.15) is 5.84 Å².